The van der Waals surface area contributed by atoms with Gasteiger partial charge >= 0.3 is 0 Å². The molecule has 0 saturated heterocycles. The van der Waals surface area contributed by atoms with E-state index in [4.69, 9.17) is 4.42 Å². The second kappa shape index (κ2) is 7.52. The molecule has 5 nitrogen and oxygen atoms in total. The summed E-state index contributed by atoms with van der Waals surface area (Å²) in [6.45, 7) is 4.92. The van der Waals surface area contributed by atoms with Gasteiger partial charge in [-0.3, -0.25) is 0 Å². The van der Waals surface area contributed by atoms with Crippen LogP contribution in [0.1, 0.15) is 19.7 Å². The second-order valence-corrected chi connectivity index (χ2v) is 7.60. The molecule has 0 aliphatic carbocycles. The van der Waals surface area contributed by atoms with E-state index in [2.05, 4.69) is 29.0 Å². The number of benzene rings is 2. The molecule has 27 heavy (non-hydrogen) atoms. The summed E-state index contributed by atoms with van der Waals surface area (Å²) in [6, 6.07) is 14.3. The lowest BCUT2D eigenvalue weighted by molar-refractivity contribution is 0.496. The molecule has 4 aromatic rings. The van der Waals surface area contributed by atoms with Gasteiger partial charge in [0, 0.05) is 6.54 Å². The number of halogens is 1. The van der Waals surface area contributed by atoms with E-state index in [1.54, 1.807) is 18.2 Å². The topological polar surface area (TPSA) is 56.7 Å². The number of nitrogens with zero attached hydrogens (tertiary/aromatic N) is 4. The first kappa shape index (κ1) is 17.7. The quantitative estimate of drug-likeness (QED) is 0.430. The van der Waals surface area contributed by atoms with Gasteiger partial charge in [0.25, 0.3) is 0 Å². The van der Waals surface area contributed by atoms with Gasteiger partial charge in [-0.15, -0.1) is 10.2 Å². The molecule has 0 unspecified atom stereocenters. The predicted molar refractivity (Wildman–Crippen MR) is 104 cm³/mol. The summed E-state index contributed by atoms with van der Waals surface area (Å²) in [5.41, 5.74) is 2.06. The fraction of sp³-hybridized carbons (Fsp3) is 0.250. The predicted octanol–water partition coefficient (Wildman–Crippen LogP) is 5.17. The van der Waals surface area contributed by atoms with Gasteiger partial charge < -0.3 is 8.98 Å². The lowest BCUT2D eigenvalue weighted by Crippen LogP contribution is -2.08. The van der Waals surface area contributed by atoms with Gasteiger partial charge in [-0.25, -0.2) is 9.37 Å². The molecular formula is C20H19FN4OS. The van der Waals surface area contributed by atoms with Crippen LogP contribution in [0.4, 0.5) is 4.39 Å². The maximum Gasteiger partial charge on any atom is 0.205 e. The van der Waals surface area contributed by atoms with Crippen molar-refractivity contribution in [3.05, 3.63) is 60.2 Å². The van der Waals surface area contributed by atoms with Gasteiger partial charge in [-0.1, -0.05) is 49.9 Å². The number of aromatic nitrogens is 4. The SMILES string of the molecule is CC(C)Cn1c(SCc2nc3ccccc3o2)nnc1-c1ccccc1F. The van der Waals surface area contributed by atoms with E-state index in [-0.39, 0.29) is 5.82 Å². The highest BCUT2D eigenvalue weighted by molar-refractivity contribution is 7.98. The Hall–Kier alpha value is -2.67. The van der Waals surface area contributed by atoms with Crippen molar-refractivity contribution in [2.45, 2.75) is 31.3 Å². The van der Waals surface area contributed by atoms with E-state index in [9.17, 15) is 4.39 Å². The molecule has 0 fully saturated rings. The molecule has 0 aliphatic heterocycles. The Labute approximate surface area is 160 Å². The van der Waals surface area contributed by atoms with Crippen LogP contribution in [0.25, 0.3) is 22.5 Å². The van der Waals surface area contributed by atoms with Crippen LogP contribution in [0.5, 0.6) is 0 Å². The van der Waals surface area contributed by atoms with E-state index >= 15 is 0 Å². The molecule has 0 aliphatic rings. The molecule has 138 valence electrons. The van der Waals surface area contributed by atoms with Crippen molar-refractivity contribution in [3.63, 3.8) is 0 Å². The lowest BCUT2D eigenvalue weighted by atomic mass is 10.2. The monoisotopic (exact) mass is 382 g/mol. The average molecular weight is 382 g/mol. The van der Waals surface area contributed by atoms with Crippen LogP contribution in [0.3, 0.4) is 0 Å². The molecule has 0 atom stereocenters. The van der Waals surface area contributed by atoms with E-state index in [1.807, 2.05) is 28.8 Å². The van der Waals surface area contributed by atoms with Gasteiger partial charge in [0.2, 0.25) is 5.89 Å². The van der Waals surface area contributed by atoms with E-state index in [0.29, 0.717) is 35.5 Å². The molecule has 7 heteroatoms. The number of hydrogen-bond acceptors (Lipinski definition) is 5. The molecule has 0 amide bonds. The fourth-order valence-corrected chi connectivity index (χ4v) is 3.67. The maximum atomic E-state index is 14.3. The first-order chi connectivity index (χ1) is 13.1. The zero-order valence-electron chi connectivity index (χ0n) is 15.1. The van der Waals surface area contributed by atoms with Crippen LogP contribution < -0.4 is 0 Å². The zero-order chi connectivity index (χ0) is 18.8. The van der Waals surface area contributed by atoms with Crippen LogP contribution in [0.2, 0.25) is 0 Å². The number of fused-ring (bicyclic) bond motifs is 1. The van der Waals surface area contributed by atoms with E-state index in [1.165, 1.54) is 17.8 Å². The molecule has 0 bridgehead atoms. The van der Waals surface area contributed by atoms with Gasteiger partial charge in [-0.05, 0) is 30.2 Å². The summed E-state index contributed by atoms with van der Waals surface area (Å²) >= 11 is 1.49. The average Bonchev–Trinajstić information content (AvgIpc) is 3.23. The van der Waals surface area contributed by atoms with Crippen LogP contribution >= 0.6 is 11.8 Å². The maximum absolute atomic E-state index is 14.3. The highest BCUT2D eigenvalue weighted by Gasteiger charge is 2.18. The fourth-order valence-electron chi connectivity index (χ4n) is 2.87. The molecule has 0 radical (unpaired) electrons. The first-order valence-corrected chi connectivity index (χ1v) is 9.75. The normalized spacial score (nSPS) is 11.6. The van der Waals surface area contributed by atoms with Crippen LogP contribution in [-0.4, -0.2) is 19.7 Å². The number of para-hydroxylation sites is 2. The highest BCUT2D eigenvalue weighted by atomic mass is 32.2. The molecule has 0 spiro atoms. The van der Waals surface area contributed by atoms with Crippen molar-refractivity contribution < 1.29 is 8.81 Å². The zero-order valence-corrected chi connectivity index (χ0v) is 15.9. The molecule has 2 aromatic carbocycles. The number of rotatable bonds is 6. The van der Waals surface area contributed by atoms with Crippen molar-refractivity contribution in [3.8, 4) is 11.4 Å². The molecule has 0 saturated carbocycles. The first-order valence-electron chi connectivity index (χ1n) is 8.77. The van der Waals surface area contributed by atoms with E-state index < -0.39 is 0 Å². The summed E-state index contributed by atoms with van der Waals surface area (Å²) < 4.78 is 22.0. The summed E-state index contributed by atoms with van der Waals surface area (Å²) in [4.78, 5) is 4.49. The Bertz CT molecular complexity index is 1040. The van der Waals surface area contributed by atoms with E-state index in [0.717, 1.165) is 16.3 Å². The van der Waals surface area contributed by atoms with Crippen molar-refractivity contribution in [2.24, 2.45) is 5.92 Å². The van der Waals surface area contributed by atoms with Crippen LogP contribution in [0.15, 0.2) is 58.1 Å². The minimum atomic E-state index is -0.301. The summed E-state index contributed by atoms with van der Waals surface area (Å²) in [5, 5.41) is 9.28. The summed E-state index contributed by atoms with van der Waals surface area (Å²) in [5.74, 6) is 1.78. The molecular weight excluding hydrogens is 363 g/mol. The second-order valence-electron chi connectivity index (χ2n) is 6.65. The van der Waals surface area contributed by atoms with Gasteiger partial charge in [-0.2, -0.15) is 0 Å². The molecule has 0 N–H and O–H groups in total. The molecule has 4 rings (SSSR count). The Morgan fingerprint density at radius 2 is 1.85 bits per heavy atom. The minimum Gasteiger partial charge on any atom is -0.440 e. The molecule has 2 aromatic heterocycles. The Balaban J connectivity index is 1.63. The smallest absolute Gasteiger partial charge is 0.205 e. The third kappa shape index (κ3) is 3.73. The summed E-state index contributed by atoms with van der Waals surface area (Å²) in [6.07, 6.45) is 0. The number of hydrogen-bond donors (Lipinski definition) is 0. The summed E-state index contributed by atoms with van der Waals surface area (Å²) in [7, 11) is 0. The van der Waals surface area contributed by atoms with Crippen LogP contribution in [0, 0.1) is 11.7 Å². The number of oxazole rings is 1. The molecule has 2 heterocycles. The van der Waals surface area contributed by atoms with Gasteiger partial charge in [0.15, 0.2) is 16.6 Å². The van der Waals surface area contributed by atoms with Crippen molar-refractivity contribution in [1.29, 1.82) is 0 Å². The Kier molecular flexibility index (Phi) is 4.94. The minimum absolute atomic E-state index is 0.301. The van der Waals surface area contributed by atoms with Crippen molar-refractivity contribution in [1.82, 2.24) is 19.7 Å². The largest absolute Gasteiger partial charge is 0.440 e. The van der Waals surface area contributed by atoms with Gasteiger partial charge in [0.1, 0.15) is 11.3 Å². The lowest BCUT2D eigenvalue weighted by Gasteiger charge is -2.12. The van der Waals surface area contributed by atoms with Crippen molar-refractivity contribution in [2.75, 3.05) is 0 Å². The number of thioether (sulfide) groups is 1. The van der Waals surface area contributed by atoms with Crippen LogP contribution in [-0.2, 0) is 12.3 Å². The Morgan fingerprint density at radius 1 is 1.07 bits per heavy atom. The highest BCUT2D eigenvalue weighted by Crippen LogP contribution is 2.29. The Morgan fingerprint density at radius 3 is 2.63 bits per heavy atom. The van der Waals surface area contributed by atoms with Crippen molar-refractivity contribution >= 4 is 22.9 Å². The third-order valence-electron chi connectivity index (χ3n) is 4.04. The van der Waals surface area contributed by atoms with Gasteiger partial charge in [0.05, 0.1) is 11.3 Å². The third-order valence-corrected chi connectivity index (χ3v) is 4.99. The standard InChI is InChI=1S/C20H19FN4OS/c1-13(2)11-25-19(14-7-3-4-8-15(14)21)23-24-20(25)27-12-18-22-16-9-5-6-10-17(16)26-18/h3-10,13H,11-12H2,1-2H3.